The summed E-state index contributed by atoms with van der Waals surface area (Å²) in [6.07, 6.45) is 3.55. The minimum atomic E-state index is 0.348. The van der Waals surface area contributed by atoms with Crippen LogP contribution in [0.4, 0.5) is 5.95 Å². The Labute approximate surface area is 103 Å². The molecule has 0 radical (unpaired) electrons. The Kier molecular flexibility index (Phi) is 2.07. The molecule has 2 heterocycles. The van der Waals surface area contributed by atoms with Gasteiger partial charge in [-0.05, 0) is 12.1 Å². The molecule has 0 aliphatic rings. The van der Waals surface area contributed by atoms with Crippen LogP contribution in [-0.4, -0.2) is 19.3 Å². The molecule has 6 nitrogen and oxygen atoms in total. The van der Waals surface area contributed by atoms with Crippen LogP contribution in [0.1, 0.15) is 5.56 Å². The van der Waals surface area contributed by atoms with Gasteiger partial charge in [-0.15, -0.1) is 0 Å². The number of aromatic nitrogens is 4. The Morgan fingerprint density at radius 2 is 2.22 bits per heavy atom. The molecule has 6 heteroatoms. The molecular formula is C12H10N6. The van der Waals surface area contributed by atoms with Crippen molar-refractivity contribution in [2.75, 3.05) is 5.73 Å². The molecular weight excluding hydrogens is 228 g/mol. The molecule has 0 aliphatic heterocycles. The molecule has 88 valence electrons. The second-order valence-corrected chi connectivity index (χ2v) is 3.96. The van der Waals surface area contributed by atoms with E-state index in [1.807, 2.05) is 25.4 Å². The van der Waals surface area contributed by atoms with E-state index in [-0.39, 0.29) is 0 Å². The van der Waals surface area contributed by atoms with Crippen molar-refractivity contribution in [2.45, 2.75) is 0 Å². The zero-order valence-corrected chi connectivity index (χ0v) is 9.70. The van der Waals surface area contributed by atoms with Gasteiger partial charge in [-0.3, -0.25) is 9.25 Å². The fourth-order valence-electron chi connectivity index (χ4n) is 2.00. The van der Waals surface area contributed by atoms with Gasteiger partial charge in [0.1, 0.15) is 11.6 Å². The van der Waals surface area contributed by atoms with Gasteiger partial charge in [-0.1, -0.05) is 6.07 Å². The number of hydrogen-bond acceptors (Lipinski definition) is 4. The first-order valence-corrected chi connectivity index (χ1v) is 5.37. The minimum absolute atomic E-state index is 0.348. The fraction of sp³-hybridized carbons (Fsp3) is 0.0833. The maximum absolute atomic E-state index is 9.05. The zero-order chi connectivity index (χ0) is 12.7. The summed E-state index contributed by atoms with van der Waals surface area (Å²) in [5.41, 5.74) is 8.68. The van der Waals surface area contributed by atoms with Crippen molar-refractivity contribution in [1.29, 1.82) is 5.26 Å². The quantitative estimate of drug-likeness (QED) is 0.690. The third-order valence-corrected chi connectivity index (χ3v) is 2.78. The number of nitrogen functional groups attached to an aromatic ring is 1. The van der Waals surface area contributed by atoms with Crippen molar-refractivity contribution in [1.82, 2.24) is 19.3 Å². The number of hydrogen-bond donors (Lipinski definition) is 1. The largest absolute Gasteiger partial charge is 0.369 e. The van der Waals surface area contributed by atoms with Crippen LogP contribution in [0, 0.1) is 11.3 Å². The van der Waals surface area contributed by atoms with Crippen molar-refractivity contribution < 1.29 is 0 Å². The monoisotopic (exact) mass is 238 g/mol. The molecule has 0 fully saturated rings. The Morgan fingerprint density at radius 1 is 1.39 bits per heavy atom. The first-order chi connectivity index (χ1) is 8.70. The van der Waals surface area contributed by atoms with Crippen LogP contribution in [-0.2, 0) is 7.05 Å². The summed E-state index contributed by atoms with van der Waals surface area (Å²) < 4.78 is 3.47. The number of nitriles is 1. The van der Waals surface area contributed by atoms with Crippen molar-refractivity contribution >= 4 is 17.0 Å². The van der Waals surface area contributed by atoms with Crippen molar-refractivity contribution in [3.8, 4) is 11.8 Å². The predicted octanol–water partition coefficient (Wildman–Crippen LogP) is 1.21. The van der Waals surface area contributed by atoms with Crippen molar-refractivity contribution in [3.05, 3.63) is 36.2 Å². The predicted molar refractivity (Wildman–Crippen MR) is 67.0 cm³/mol. The molecule has 0 amide bonds. The van der Waals surface area contributed by atoms with E-state index >= 15 is 0 Å². The standard InChI is InChI=1S/C12H10N6/c1-17-7-9(6-15-17)18-10-4-2-3-8(5-13)11(10)16-12(18)14/h2-4,6-7H,1H3,(H2,14,16). The molecule has 0 spiro atoms. The van der Waals surface area contributed by atoms with Gasteiger partial charge in [0.15, 0.2) is 0 Å². The normalized spacial score (nSPS) is 10.7. The van der Waals surface area contributed by atoms with Crippen LogP contribution in [0.25, 0.3) is 16.7 Å². The lowest BCUT2D eigenvalue weighted by Crippen LogP contribution is -1.99. The number of nitrogens with zero attached hydrogens (tertiary/aromatic N) is 5. The summed E-state index contributed by atoms with van der Waals surface area (Å²) in [6.45, 7) is 0. The highest BCUT2D eigenvalue weighted by Gasteiger charge is 2.13. The number of para-hydroxylation sites is 1. The fourth-order valence-corrected chi connectivity index (χ4v) is 2.00. The van der Waals surface area contributed by atoms with E-state index in [9.17, 15) is 0 Å². The average Bonchev–Trinajstić information content (AvgIpc) is 2.91. The number of nitrogens with two attached hydrogens (primary N) is 1. The number of imidazole rings is 1. The van der Waals surface area contributed by atoms with Crippen LogP contribution in [0.15, 0.2) is 30.6 Å². The molecule has 0 unspecified atom stereocenters. The zero-order valence-electron chi connectivity index (χ0n) is 9.70. The highest BCUT2D eigenvalue weighted by Crippen LogP contribution is 2.24. The number of rotatable bonds is 1. The highest BCUT2D eigenvalue weighted by atomic mass is 15.3. The summed E-state index contributed by atoms with van der Waals surface area (Å²) >= 11 is 0. The van der Waals surface area contributed by atoms with E-state index in [4.69, 9.17) is 11.0 Å². The highest BCUT2D eigenvalue weighted by molar-refractivity contribution is 5.85. The van der Waals surface area contributed by atoms with Crippen LogP contribution in [0.5, 0.6) is 0 Å². The van der Waals surface area contributed by atoms with E-state index in [0.29, 0.717) is 17.0 Å². The Bertz CT molecular complexity index is 774. The lowest BCUT2D eigenvalue weighted by Gasteiger charge is -2.01. The molecule has 18 heavy (non-hydrogen) atoms. The molecule has 3 aromatic rings. The van der Waals surface area contributed by atoms with E-state index in [1.54, 1.807) is 21.5 Å². The molecule has 0 saturated heterocycles. The van der Waals surface area contributed by atoms with Gasteiger partial charge >= 0.3 is 0 Å². The molecule has 0 aliphatic carbocycles. The lowest BCUT2D eigenvalue weighted by atomic mass is 10.2. The van der Waals surface area contributed by atoms with Gasteiger partial charge < -0.3 is 5.73 Å². The van der Waals surface area contributed by atoms with E-state index in [0.717, 1.165) is 11.2 Å². The van der Waals surface area contributed by atoms with Crippen LogP contribution >= 0.6 is 0 Å². The molecule has 0 bridgehead atoms. The average molecular weight is 238 g/mol. The van der Waals surface area contributed by atoms with Crippen molar-refractivity contribution in [3.63, 3.8) is 0 Å². The molecule has 0 saturated carbocycles. The minimum Gasteiger partial charge on any atom is -0.369 e. The van der Waals surface area contributed by atoms with Crippen molar-refractivity contribution in [2.24, 2.45) is 7.05 Å². The van der Waals surface area contributed by atoms with E-state index in [1.165, 1.54) is 0 Å². The maximum Gasteiger partial charge on any atom is 0.206 e. The van der Waals surface area contributed by atoms with Gasteiger partial charge in [0.25, 0.3) is 0 Å². The molecule has 0 atom stereocenters. The van der Waals surface area contributed by atoms with E-state index in [2.05, 4.69) is 16.2 Å². The molecule has 2 N–H and O–H groups in total. The van der Waals surface area contributed by atoms with Gasteiger partial charge in [0.05, 0.1) is 23.0 Å². The summed E-state index contributed by atoms with van der Waals surface area (Å²) in [4.78, 5) is 4.25. The summed E-state index contributed by atoms with van der Waals surface area (Å²) in [5.74, 6) is 0.348. The second kappa shape index (κ2) is 3.60. The van der Waals surface area contributed by atoms with Crippen LogP contribution in [0.3, 0.4) is 0 Å². The Morgan fingerprint density at radius 3 is 2.89 bits per heavy atom. The number of anilines is 1. The maximum atomic E-state index is 9.05. The number of fused-ring (bicyclic) bond motifs is 1. The third kappa shape index (κ3) is 1.34. The molecule has 3 rings (SSSR count). The van der Waals surface area contributed by atoms with Gasteiger partial charge in [-0.25, -0.2) is 4.98 Å². The molecule has 1 aromatic carbocycles. The number of aryl methyl sites for hydroxylation is 1. The topological polar surface area (TPSA) is 85.5 Å². The smallest absolute Gasteiger partial charge is 0.206 e. The Balaban J connectivity index is 2.37. The number of benzene rings is 1. The third-order valence-electron chi connectivity index (χ3n) is 2.78. The van der Waals surface area contributed by atoms with E-state index < -0.39 is 0 Å². The summed E-state index contributed by atoms with van der Waals surface area (Å²) in [7, 11) is 1.83. The first-order valence-electron chi connectivity index (χ1n) is 5.37. The molecule has 2 aromatic heterocycles. The first kappa shape index (κ1) is 10.4. The van der Waals surface area contributed by atoms with Gasteiger partial charge in [-0.2, -0.15) is 10.4 Å². The second-order valence-electron chi connectivity index (χ2n) is 3.96. The summed E-state index contributed by atoms with van der Waals surface area (Å²) in [6, 6.07) is 7.54. The van der Waals surface area contributed by atoms with Crippen LogP contribution < -0.4 is 5.73 Å². The lowest BCUT2D eigenvalue weighted by molar-refractivity contribution is 0.767. The van der Waals surface area contributed by atoms with Crippen LogP contribution in [0.2, 0.25) is 0 Å². The van der Waals surface area contributed by atoms with Gasteiger partial charge in [0.2, 0.25) is 5.95 Å². The SMILES string of the molecule is Cn1cc(-n2c(N)nc3c(C#N)cccc32)cn1. The van der Waals surface area contributed by atoms with Gasteiger partial charge in [0, 0.05) is 13.2 Å². The Hall–Kier alpha value is -2.81. The summed E-state index contributed by atoms with van der Waals surface area (Å²) in [5, 5.41) is 13.2.